The molecule has 2 N–H and O–H groups in total. The summed E-state index contributed by atoms with van der Waals surface area (Å²) in [4.78, 5) is 9.41. The van der Waals surface area contributed by atoms with E-state index in [0.717, 1.165) is 65.6 Å². The lowest BCUT2D eigenvalue weighted by molar-refractivity contribution is 0.0904. The van der Waals surface area contributed by atoms with Gasteiger partial charge in [-0.25, -0.2) is 9.97 Å². The van der Waals surface area contributed by atoms with E-state index in [1.54, 1.807) is 7.11 Å². The molecule has 5 rings (SSSR count). The third-order valence-corrected chi connectivity index (χ3v) is 5.98. The van der Waals surface area contributed by atoms with Gasteiger partial charge in [0.25, 0.3) is 0 Å². The van der Waals surface area contributed by atoms with Crippen LogP contribution in [0.1, 0.15) is 44.0 Å². The number of anilines is 1. The Hall–Kier alpha value is -3.46. The van der Waals surface area contributed by atoms with E-state index in [2.05, 4.69) is 46.5 Å². The zero-order valence-corrected chi connectivity index (χ0v) is 19.2. The first kappa shape index (κ1) is 21.4. The Morgan fingerprint density at radius 1 is 1.18 bits per heavy atom. The predicted octanol–water partition coefficient (Wildman–Crippen LogP) is 3.99. The second-order valence-corrected chi connectivity index (χ2v) is 8.64. The Labute approximate surface area is 192 Å². The maximum atomic E-state index is 5.52. The number of H-pyrrole nitrogens is 1. The second kappa shape index (κ2) is 9.19. The fraction of sp³-hybridized carbons (Fsp3) is 0.417. The van der Waals surface area contributed by atoms with Crippen molar-refractivity contribution in [1.29, 1.82) is 0 Å². The van der Waals surface area contributed by atoms with Crippen molar-refractivity contribution in [2.45, 2.75) is 45.2 Å². The molecule has 0 unspecified atom stereocenters. The lowest BCUT2D eigenvalue weighted by atomic mass is 10.1. The highest BCUT2D eigenvalue weighted by Gasteiger charge is 2.23. The Morgan fingerprint density at radius 2 is 1.97 bits per heavy atom. The highest BCUT2D eigenvalue weighted by molar-refractivity contribution is 5.99. The summed E-state index contributed by atoms with van der Waals surface area (Å²) in [6, 6.07) is 10.3. The van der Waals surface area contributed by atoms with Crippen LogP contribution in [0.25, 0.3) is 22.4 Å². The zero-order chi connectivity index (χ0) is 22.8. The Morgan fingerprint density at radius 3 is 2.67 bits per heavy atom. The van der Waals surface area contributed by atoms with Crippen LogP contribution in [0.5, 0.6) is 5.75 Å². The molecule has 0 aliphatic carbocycles. The van der Waals surface area contributed by atoms with Gasteiger partial charge in [-0.05, 0) is 36.6 Å². The molecule has 4 heterocycles. The van der Waals surface area contributed by atoms with Gasteiger partial charge in [0.1, 0.15) is 23.1 Å². The summed E-state index contributed by atoms with van der Waals surface area (Å²) in [5.41, 5.74) is 2.84. The zero-order valence-electron chi connectivity index (χ0n) is 19.2. The van der Waals surface area contributed by atoms with Crippen molar-refractivity contribution in [2.24, 2.45) is 0 Å². The van der Waals surface area contributed by atoms with Crippen LogP contribution in [0.3, 0.4) is 0 Å². The number of methoxy groups -OCH3 is 1. The van der Waals surface area contributed by atoms with Crippen LogP contribution in [-0.2, 0) is 11.3 Å². The van der Waals surface area contributed by atoms with E-state index >= 15 is 0 Å². The molecular formula is C24H29N7O2. The number of fused-ring (bicyclic) bond motifs is 1. The van der Waals surface area contributed by atoms with Gasteiger partial charge in [0, 0.05) is 31.4 Å². The summed E-state index contributed by atoms with van der Waals surface area (Å²) in [5, 5.41) is 17.1. The number of hydrogen-bond donors (Lipinski definition) is 2. The first-order valence-corrected chi connectivity index (χ1v) is 11.4. The molecule has 33 heavy (non-hydrogen) atoms. The van der Waals surface area contributed by atoms with Crippen molar-refractivity contribution < 1.29 is 9.47 Å². The largest absolute Gasteiger partial charge is 0.497 e. The average molecular weight is 448 g/mol. The van der Waals surface area contributed by atoms with E-state index < -0.39 is 0 Å². The Balaban J connectivity index is 1.58. The number of rotatable bonds is 7. The Bertz CT molecular complexity index is 1220. The molecule has 0 atom stereocenters. The van der Waals surface area contributed by atoms with Crippen molar-refractivity contribution in [1.82, 2.24) is 29.9 Å². The Kier molecular flexibility index (Phi) is 5.95. The molecule has 9 heteroatoms. The fourth-order valence-corrected chi connectivity index (χ4v) is 4.09. The number of ether oxygens (including phenoxy) is 2. The van der Waals surface area contributed by atoms with Gasteiger partial charge in [-0.3, -0.25) is 9.78 Å². The number of hydrogen-bond acceptors (Lipinski definition) is 7. The number of nitrogens with one attached hydrogen (secondary N) is 2. The van der Waals surface area contributed by atoms with Gasteiger partial charge in [0.05, 0.1) is 24.6 Å². The van der Waals surface area contributed by atoms with E-state index in [1.165, 1.54) is 0 Å². The molecule has 4 aromatic rings. The van der Waals surface area contributed by atoms with Crippen molar-refractivity contribution in [2.75, 3.05) is 25.6 Å². The summed E-state index contributed by atoms with van der Waals surface area (Å²) in [6.45, 7) is 6.31. The SMILES string of the molecule is COc1ccc(Cn2nc(-c3n[nH]c(C(C)C)n3)c3c(NC4CCOCC4)nccc32)cc1. The molecule has 1 aliphatic heterocycles. The van der Waals surface area contributed by atoms with Gasteiger partial charge < -0.3 is 14.8 Å². The first-order valence-electron chi connectivity index (χ1n) is 11.4. The monoisotopic (exact) mass is 447 g/mol. The van der Waals surface area contributed by atoms with Crippen LogP contribution >= 0.6 is 0 Å². The van der Waals surface area contributed by atoms with Gasteiger partial charge >= 0.3 is 0 Å². The molecular weight excluding hydrogens is 418 g/mol. The molecule has 9 nitrogen and oxygen atoms in total. The maximum Gasteiger partial charge on any atom is 0.202 e. The van der Waals surface area contributed by atoms with E-state index in [0.29, 0.717) is 18.4 Å². The van der Waals surface area contributed by atoms with Crippen LogP contribution in [0.2, 0.25) is 0 Å². The van der Waals surface area contributed by atoms with E-state index in [9.17, 15) is 0 Å². The minimum Gasteiger partial charge on any atom is -0.497 e. The molecule has 0 amide bonds. The molecule has 0 spiro atoms. The van der Waals surface area contributed by atoms with Crippen molar-refractivity contribution in [3.8, 4) is 17.3 Å². The third kappa shape index (κ3) is 4.41. The number of nitrogens with zero attached hydrogens (tertiary/aromatic N) is 5. The van der Waals surface area contributed by atoms with Crippen molar-refractivity contribution in [3.05, 3.63) is 47.9 Å². The molecule has 172 valence electrons. The smallest absolute Gasteiger partial charge is 0.202 e. The van der Waals surface area contributed by atoms with Crippen LogP contribution in [0, 0.1) is 0 Å². The predicted molar refractivity (Wildman–Crippen MR) is 127 cm³/mol. The molecule has 1 saturated heterocycles. The third-order valence-electron chi connectivity index (χ3n) is 5.98. The highest BCUT2D eigenvalue weighted by atomic mass is 16.5. The molecule has 1 fully saturated rings. The van der Waals surface area contributed by atoms with Crippen molar-refractivity contribution >= 4 is 16.7 Å². The topological polar surface area (TPSA) is 103 Å². The molecule has 3 aromatic heterocycles. The first-order chi connectivity index (χ1) is 16.1. The summed E-state index contributed by atoms with van der Waals surface area (Å²) in [6.07, 6.45) is 3.73. The lowest BCUT2D eigenvalue weighted by Crippen LogP contribution is -2.28. The molecule has 0 radical (unpaired) electrons. The number of aromatic nitrogens is 6. The van der Waals surface area contributed by atoms with Gasteiger partial charge in [0.15, 0.2) is 0 Å². The summed E-state index contributed by atoms with van der Waals surface area (Å²) in [7, 11) is 1.67. The number of benzene rings is 1. The standard InChI is InChI=1S/C24H29N7O2/c1-15(2)22-27-24(29-28-22)21-20-19(8-11-25-23(20)26-17-9-12-33-13-10-17)31(30-21)14-16-4-6-18(32-3)7-5-16/h4-8,11,15,17H,9-10,12-14H2,1-3H3,(H,25,26)(H,27,28,29). The number of aromatic amines is 1. The summed E-state index contributed by atoms with van der Waals surface area (Å²) >= 11 is 0. The van der Waals surface area contributed by atoms with E-state index in [4.69, 9.17) is 19.6 Å². The van der Waals surface area contributed by atoms with Gasteiger partial charge in [-0.15, -0.1) is 0 Å². The van der Waals surface area contributed by atoms with Crippen LogP contribution in [-0.4, -0.2) is 56.3 Å². The van der Waals surface area contributed by atoms with Crippen molar-refractivity contribution in [3.63, 3.8) is 0 Å². The minimum absolute atomic E-state index is 0.247. The molecule has 1 aromatic carbocycles. The fourth-order valence-electron chi connectivity index (χ4n) is 4.09. The lowest BCUT2D eigenvalue weighted by Gasteiger charge is -2.23. The second-order valence-electron chi connectivity index (χ2n) is 8.64. The summed E-state index contributed by atoms with van der Waals surface area (Å²) < 4.78 is 12.8. The normalized spacial score (nSPS) is 14.8. The molecule has 0 bridgehead atoms. The minimum atomic E-state index is 0.247. The van der Waals surface area contributed by atoms with E-state index in [-0.39, 0.29) is 5.92 Å². The van der Waals surface area contributed by atoms with Gasteiger partial charge in [-0.1, -0.05) is 26.0 Å². The number of pyridine rings is 1. The maximum absolute atomic E-state index is 5.52. The van der Waals surface area contributed by atoms with Crippen LogP contribution < -0.4 is 10.1 Å². The van der Waals surface area contributed by atoms with E-state index in [1.807, 2.05) is 29.1 Å². The van der Waals surface area contributed by atoms with Gasteiger partial charge in [-0.2, -0.15) is 10.2 Å². The van der Waals surface area contributed by atoms with Gasteiger partial charge in [0.2, 0.25) is 5.82 Å². The summed E-state index contributed by atoms with van der Waals surface area (Å²) in [5.74, 6) is 3.31. The van der Waals surface area contributed by atoms with Crippen LogP contribution in [0.15, 0.2) is 36.5 Å². The molecule has 0 saturated carbocycles. The quantitative estimate of drug-likeness (QED) is 0.442. The molecule has 1 aliphatic rings. The highest BCUT2D eigenvalue weighted by Crippen LogP contribution is 2.32. The average Bonchev–Trinajstić information content (AvgIpc) is 3.47. The van der Waals surface area contributed by atoms with Crippen LogP contribution in [0.4, 0.5) is 5.82 Å².